The number of aromatic hydroxyl groups is 1. The normalized spacial score (nSPS) is 12.3. The molecule has 1 aromatic heterocycles. The van der Waals surface area contributed by atoms with Gasteiger partial charge in [0.2, 0.25) is 11.7 Å². The van der Waals surface area contributed by atoms with Crippen molar-refractivity contribution in [3.63, 3.8) is 0 Å². The molecule has 0 spiro atoms. The molecule has 1 amide bonds. The van der Waals surface area contributed by atoms with E-state index in [9.17, 15) is 40.6 Å². The molecule has 18 heteroatoms. The lowest BCUT2D eigenvalue weighted by Crippen LogP contribution is -2.08. The second kappa shape index (κ2) is 8.16. The molecule has 0 atom stereocenters. The molecule has 3 aromatic rings. The molecule has 174 valence electrons. The number of azo groups is 1. The lowest BCUT2D eigenvalue weighted by molar-refractivity contribution is -0.114. The summed E-state index contributed by atoms with van der Waals surface area (Å²) in [6.45, 7) is 1.09. The summed E-state index contributed by atoms with van der Waals surface area (Å²) in [5.41, 5.74) is -1.13. The average Bonchev–Trinajstić information content (AvgIpc) is 3.14. The molecular weight excluding hydrogens is 488 g/mol. The molecule has 0 aliphatic carbocycles. The van der Waals surface area contributed by atoms with Crippen LogP contribution in [0, 0.1) is 0 Å². The fourth-order valence-corrected chi connectivity index (χ4v) is 4.06. The second-order valence-electron chi connectivity index (χ2n) is 6.23. The molecular formula is C15H12N6O10S2. The molecule has 0 bridgehead atoms. The highest BCUT2D eigenvalue weighted by atomic mass is 32.2. The van der Waals surface area contributed by atoms with E-state index in [-0.39, 0.29) is 5.69 Å². The number of H-pyrrole nitrogens is 1. The number of aromatic nitrogens is 3. The lowest BCUT2D eigenvalue weighted by atomic mass is 10.1. The topological polar surface area (TPSA) is 262 Å². The fourth-order valence-electron chi connectivity index (χ4n) is 2.73. The summed E-state index contributed by atoms with van der Waals surface area (Å²) >= 11 is 0. The SMILES string of the molecule is CC(=O)Nc1ccc(S(=O)(=O)O)c2cc(S(=O)(=O)O)c(N=Nc3n[nH]c(C(=O)O)n3)c(O)c12. The summed E-state index contributed by atoms with van der Waals surface area (Å²) in [7, 11) is -10.1. The Morgan fingerprint density at radius 2 is 1.70 bits per heavy atom. The number of hydrogen-bond donors (Lipinski definition) is 6. The smallest absolute Gasteiger partial charge is 0.373 e. The molecule has 16 nitrogen and oxygen atoms in total. The Bertz CT molecular complexity index is 1560. The Morgan fingerprint density at radius 3 is 2.21 bits per heavy atom. The van der Waals surface area contributed by atoms with Crippen LogP contribution >= 0.6 is 0 Å². The Hall–Kier alpha value is -4.00. The Kier molecular flexibility index (Phi) is 5.85. The van der Waals surface area contributed by atoms with Crippen LogP contribution in [0.3, 0.4) is 0 Å². The van der Waals surface area contributed by atoms with Gasteiger partial charge in [-0.2, -0.15) is 21.8 Å². The summed E-state index contributed by atoms with van der Waals surface area (Å²) in [6, 6.07) is 2.42. The van der Waals surface area contributed by atoms with Crippen LogP contribution in [0.5, 0.6) is 5.75 Å². The van der Waals surface area contributed by atoms with Crippen molar-refractivity contribution < 1.29 is 45.7 Å². The highest BCUT2D eigenvalue weighted by molar-refractivity contribution is 7.86. The molecule has 3 rings (SSSR count). The third-order valence-corrected chi connectivity index (χ3v) is 5.74. The summed E-state index contributed by atoms with van der Waals surface area (Å²) in [5, 5.41) is 33.1. The maximum Gasteiger partial charge on any atom is 0.373 e. The number of nitrogens with zero attached hydrogens (tertiary/aromatic N) is 4. The second-order valence-corrected chi connectivity index (χ2v) is 9.01. The molecule has 0 saturated carbocycles. The van der Waals surface area contributed by atoms with Crippen LogP contribution in [0.25, 0.3) is 10.8 Å². The number of carboxylic acids is 1. The predicted octanol–water partition coefficient (Wildman–Crippen LogP) is 1.23. The number of benzene rings is 2. The summed E-state index contributed by atoms with van der Waals surface area (Å²) in [4.78, 5) is 23.8. The van der Waals surface area contributed by atoms with E-state index in [0.717, 1.165) is 19.1 Å². The maximum atomic E-state index is 11.9. The van der Waals surface area contributed by atoms with Gasteiger partial charge in [0.15, 0.2) is 5.75 Å². The number of aromatic amines is 1. The third-order valence-electron chi connectivity index (χ3n) is 3.96. The van der Waals surface area contributed by atoms with Gasteiger partial charge in [0, 0.05) is 12.3 Å². The van der Waals surface area contributed by atoms with Gasteiger partial charge in [0.1, 0.15) is 15.5 Å². The first-order valence-corrected chi connectivity index (χ1v) is 11.2. The van der Waals surface area contributed by atoms with Crippen molar-refractivity contribution in [1.82, 2.24) is 15.2 Å². The molecule has 0 aliphatic heterocycles. The number of anilines is 1. The summed E-state index contributed by atoms with van der Waals surface area (Å²) < 4.78 is 66.5. The monoisotopic (exact) mass is 500 g/mol. The quantitative estimate of drug-likeness (QED) is 0.206. The zero-order valence-corrected chi connectivity index (χ0v) is 17.7. The first-order chi connectivity index (χ1) is 15.2. The van der Waals surface area contributed by atoms with Crippen LogP contribution in [-0.4, -0.2) is 63.2 Å². The van der Waals surface area contributed by atoms with Crippen LogP contribution in [0.2, 0.25) is 0 Å². The van der Waals surface area contributed by atoms with Crippen molar-refractivity contribution in [2.24, 2.45) is 10.2 Å². The van der Waals surface area contributed by atoms with E-state index in [1.165, 1.54) is 0 Å². The van der Waals surface area contributed by atoms with Crippen molar-refractivity contribution in [3.05, 3.63) is 24.0 Å². The zero-order valence-electron chi connectivity index (χ0n) is 16.1. The van der Waals surface area contributed by atoms with Crippen LogP contribution in [0.4, 0.5) is 17.3 Å². The number of rotatable bonds is 6. The third kappa shape index (κ3) is 4.77. The zero-order chi connectivity index (χ0) is 24.7. The molecule has 0 aliphatic rings. The number of carbonyl (C=O) groups is 2. The van der Waals surface area contributed by atoms with E-state index in [2.05, 4.69) is 25.6 Å². The highest BCUT2D eigenvalue weighted by Crippen LogP contribution is 2.45. The average molecular weight is 500 g/mol. The van der Waals surface area contributed by atoms with E-state index in [1.54, 1.807) is 0 Å². The number of amides is 1. The first-order valence-electron chi connectivity index (χ1n) is 8.33. The van der Waals surface area contributed by atoms with Crippen molar-refractivity contribution in [3.8, 4) is 5.75 Å². The van der Waals surface area contributed by atoms with E-state index in [0.29, 0.717) is 6.07 Å². The molecule has 0 unspecified atom stereocenters. The molecule has 0 radical (unpaired) electrons. The number of hydrogen-bond acceptors (Lipinski definition) is 11. The number of nitrogens with one attached hydrogen (secondary N) is 2. The molecule has 1 heterocycles. The standard InChI is InChI=1S/C15H12N6O10S2/c1-5(22)16-7-2-3-8(32(26,27)28)6-4-9(33(29,30)31)11(12(23)10(6)7)18-20-15-17-13(14(24)25)19-21-15/h2-4,23H,1H3,(H,16,22)(H,24,25)(H,17,19,21)(H,26,27,28)(H,29,30,31). The number of phenolic OH excluding ortho intramolecular Hbond substituents is 1. The molecule has 2 aromatic carbocycles. The van der Waals surface area contributed by atoms with Gasteiger partial charge in [-0.25, -0.2) is 4.79 Å². The molecule has 6 N–H and O–H groups in total. The van der Waals surface area contributed by atoms with E-state index < -0.39 is 75.9 Å². The predicted molar refractivity (Wildman–Crippen MR) is 107 cm³/mol. The van der Waals surface area contributed by atoms with E-state index in [1.807, 2.05) is 5.10 Å². The van der Waals surface area contributed by atoms with Crippen LogP contribution in [0.15, 0.2) is 38.2 Å². The van der Waals surface area contributed by atoms with Crippen LogP contribution in [-0.2, 0) is 25.0 Å². The minimum Gasteiger partial charge on any atom is -0.505 e. The van der Waals surface area contributed by atoms with Gasteiger partial charge < -0.3 is 15.5 Å². The van der Waals surface area contributed by atoms with Crippen LogP contribution < -0.4 is 5.32 Å². The lowest BCUT2D eigenvalue weighted by Gasteiger charge is -2.14. The van der Waals surface area contributed by atoms with Crippen molar-refractivity contribution in [2.45, 2.75) is 16.7 Å². The Labute approximate surface area is 183 Å². The van der Waals surface area contributed by atoms with E-state index in [4.69, 9.17) is 5.11 Å². The van der Waals surface area contributed by atoms with Gasteiger partial charge in [-0.3, -0.25) is 19.0 Å². The van der Waals surface area contributed by atoms with Gasteiger partial charge in [0.25, 0.3) is 26.2 Å². The Balaban J connectivity index is 2.40. The fraction of sp³-hybridized carbons (Fsp3) is 0.0667. The van der Waals surface area contributed by atoms with Crippen molar-refractivity contribution >= 4 is 60.2 Å². The van der Waals surface area contributed by atoms with Gasteiger partial charge in [-0.05, 0) is 18.2 Å². The van der Waals surface area contributed by atoms with E-state index >= 15 is 0 Å². The van der Waals surface area contributed by atoms with Crippen molar-refractivity contribution in [2.75, 3.05) is 5.32 Å². The molecule has 0 fully saturated rings. The number of carboxylic acid groups (broad SMARTS) is 1. The summed E-state index contributed by atoms with van der Waals surface area (Å²) in [5.74, 6) is -4.44. The minimum atomic E-state index is -5.18. The maximum absolute atomic E-state index is 11.9. The van der Waals surface area contributed by atoms with Gasteiger partial charge in [0.05, 0.1) is 11.1 Å². The van der Waals surface area contributed by atoms with Crippen LogP contribution in [0.1, 0.15) is 17.5 Å². The van der Waals surface area contributed by atoms with Gasteiger partial charge in [-0.1, -0.05) is 0 Å². The van der Waals surface area contributed by atoms with Crippen molar-refractivity contribution in [1.29, 1.82) is 0 Å². The van der Waals surface area contributed by atoms with Gasteiger partial charge in [-0.15, -0.1) is 15.3 Å². The number of fused-ring (bicyclic) bond motifs is 1. The number of aromatic carboxylic acids is 1. The first kappa shape index (κ1) is 23.7. The largest absolute Gasteiger partial charge is 0.505 e. The number of carbonyl (C=O) groups excluding carboxylic acids is 1. The summed E-state index contributed by atoms with van der Waals surface area (Å²) in [6.07, 6.45) is 0. The minimum absolute atomic E-state index is 0.202. The molecule has 0 saturated heterocycles. The highest BCUT2D eigenvalue weighted by Gasteiger charge is 2.27. The molecule has 33 heavy (non-hydrogen) atoms. The van der Waals surface area contributed by atoms with Gasteiger partial charge >= 0.3 is 5.97 Å². The number of phenols is 1. The Morgan fingerprint density at radius 1 is 1.06 bits per heavy atom.